The number of carbonyl (C=O) groups is 1. The van der Waals surface area contributed by atoms with Gasteiger partial charge in [-0.15, -0.1) is 10.2 Å². The van der Waals surface area contributed by atoms with Gasteiger partial charge in [-0.05, 0) is 23.5 Å². The molecule has 2 aromatic carbocycles. The van der Waals surface area contributed by atoms with Crippen LogP contribution in [-0.2, 0) is 17.8 Å². The van der Waals surface area contributed by atoms with Crippen molar-refractivity contribution in [2.45, 2.75) is 52.1 Å². The fraction of sp³-hybridized carbons (Fsp3) is 0.444. The lowest BCUT2D eigenvalue weighted by molar-refractivity contribution is -0.119. The Bertz CT molecular complexity index is 992. The van der Waals surface area contributed by atoms with Crippen molar-refractivity contribution in [1.29, 1.82) is 0 Å². The second kappa shape index (κ2) is 10.8. The maximum Gasteiger partial charge on any atom is 0.217 e. The third-order valence-electron chi connectivity index (χ3n) is 6.39. The van der Waals surface area contributed by atoms with Gasteiger partial charge in [-0.25, -0.2) is 0 Å². The number of fused-ring (bicyclic) bond motifs is 1. The highest BCUT2D eigenvalue weighted by Crippen LogP contribution is 2.27. The molecule has 1 aromatic heterocycles. The number of nitrogens with zero attached hydrogens (tertiary/aromatic N) is 4. The van der Waals surface area contributed by atoms with E-state index in [0.717, 1.165) is 50.7 Å². The molecule has 6 heteroatoms. The lowest BCUT2D eigenvalue weighted by Gasteiger charge is -2.27. The van der Waals surface area contributed by atoms with Gasteiger partial charge in [0.25, 0.3) is 0 Å². The Morgan fingerprint density at radius 3 is 2.15 bits per heavy atom. The SMILES string of the molecule is CC(=O)N[C@@H](CC(C)C)c1nnc2n1CCN(CC(c1ccccc1)c1ccccc1)CC2. The molecule has 3 aromatic rings. The van der Waals surface area contributed by atoms with E-state index < -0.39 is 0 Å². The van der Waals surface area contributed by atoms with Gasteiger partial charge in [0.1, 0.15) is 5.82 Å². The van der Waals surface area contributed by atoms with Crippen LogP contribution in [0.2, 0.25) is 0 Å². The molecule has 0 bridgehead atoms. The van der Waals surface area contributed by atoms with Crippen molar-refractivity contribution in [3.63, 3.8) is 0 Å². The van der Waals surface area contributed by atoms with E-state index in [0.29, 0.717) is 11.8 Å². The highest BCUT2D eigenvalue weighted by molar-refractivity contribution is 5.73. The second-order valence-electron chi connectivity index (χ2n) is 9.43. The van der Waals surface area contributed by atoms with Gasteiger partial charge in [0.2, 0.25) is 5.91 Å². The summed E-state index contributed by atoms with van der Waals surface area (Å²) in [5, 5.41) is 12.1. The number of nitrogens with one attached hydrogen (secondary N) is 1. The van der Waals surface area contributed by atoms with E-state index in [1.807, 2.05) is 0 Å². The zero-order valence-corrected chi connectivity index (χ0v) is 19.9. The van der Waals surface area contributed by atoms with Gasteiger partial charge < -0.3 is 14.8 Å². The Morgan fingerprint density at radius 1 is 0.939 bits per heavy atom. The molecule has 1 N–H and O–H groups in total. The Labute approximate surface area is 197 Å². The zero-order chi connectivity index (χ0) is 23.2. The largest absolute Gasteiger partial charge is 0.346 e. The number of amides is 1. The van der Waals surface area contributed by atoms with Crippen molar-refractivity contribution in [3.8, 4) is 0 Å². The molecule has 1 aliphatic rings. The van der Waals surface area contributed by atoms with Gasteiger partial charge in [-0.2, -0.15) is 0 Å². The predicted molar refractivity (Wildman–Crippen MR) is 131 cm³/mol. The Balaban J connectivity index is 1.52. The molecular formula is C27H35N5O. The van der Waals surface area contributed by atoms with Gasteiger partial charge in [0, 0.05) is 45.4 Å². The van der Waals surface area contributed by atoms with Crippen molar-refractivity contribution >= 4 is 5.91 Å². The van der Waals surface area contributed by atoms with Crippen LogP contribution >= 0.6 is 0 Å². The molecule has 0 aliphatic carbocycles. The summed E-state index contributed by atoms with van der Waals surface area (Å²) in [6.45, 7) is 9.59. The zero-order valence-electron chi connectivity index (χ0n) is 19.9. The van der Waals surface area contributed by atoms with Crippen molar-refractivity contribution in [3.05, 3.63) is 83.4 Å². The van der Waals surface area contributed by atoms with Gasteiger partial charge in [-0.3, -0.25) is 4.79 Å². The summed E-state index contributed by atoms with van der Waals surface area (Å²) in [6, 6.07) is 21.5. The van der Waals surface area contributed by atoms with Crippen LogP contribution in [0.25, 0.3) is 0 Å². The molecule has 0 saturated heterocycles. The Hall–Kier alpha value is -2.99. The van der Waals surface area contributed by atoms with Crippen molar-refractivity contribution in [2.24, 2.45) is 5.92 Å². The first-order chi connectivity index (χ1) is 16.0. The normalized spacial score (nSPS) is 15.3. The maximum absolute atomic E-state index is 11.8. The number of rotatable bonds is 8. The number of carbonyl (C=O) groups excluding carboxylic acids is 1. The van der Waals surface area contributed by atoms with Crippen LogP contribution in [0.1, 0.15) is 61.9 Å². The summed E-state index contributed by atoms with van der Waals surface area (Å²) >= 11 is 0. The molecule has 0 radical (unpaired) electrons. The van der Waals surface area contributed by atoms with Gasteiger partial charge in [0.05, 0.1) is 6.04 Å². The lowest BCUT2D eigenvalue weighted by atomic mass is 9.90. The molecule has 4 rings (SSSR count). The van der Waals surface area contributed by atoms with E-state index in [2.05, 4.69) is 99.5 Å². The van der Waals surface area contributed by atoms with Crippen LogP contribution in [-0.4, -0.2) is 45.2 Å². The van der Waals surface area contributed by atoms with Crippen molar-refractivity contribution in [2.75, 3.05) is 19.6 Å². The molecule has 1 atom stereocenters. The molecule has 33 heavy (non-hydrogen) atoms. The van der Waals surface area contributed by atoms with E-state index in [1.54, 1.807) is 6.92 Å². The average molecular weight is 446 g/mol. The molecule has 0 fully saturated rings. The molecule has 1 amide bonds. The molecule has 0 spiro atoms. The topological polar surface area (TPSA) is 63.1 Å². The summed E-state index contributed by atoms with van der Waals surface area (Å²) in [6.07, 6.45) is 1.71. The first-order valence-electron chi connectivity index (χ1n) is 12.0. The highest BCUT2D eigenvalue weighted by atomic mass is 16.1. The van der Waals surface area contributed by atoms with E-state index in [9.17, 15) is 4.79 Å². The first kappa shape index (κ1) is 23.2. The van der Waals surface area contributed by atoms with Crippen LogP contribution in [0.3, 0.4) is 0 Å². The van der Waals surface area contributed by atoms with Gasteiger partial charge in [0.15, 0.2) is 5.82 Å². The number of hydrogen-bond acceptors (Lipinski definition) is 4. The van der Waals surface area contributed by atoms with Crippen LogP contribution in [0, 0.1) is 5.92 Å². The minimum atomic E-state index is -0.100. The van der Waals surface area contributed by atoms with Crippen molar-refractivity contribution in [1.82, 2.24) is 25.0 Å². The third-order valence-corrected chi connectivity index (χ3v) is 6.39. The number of benzene rings is 2. The van der Waals surface area contributed by atoms with Crippen LogP contribution in [0.15, 0.2) is 60.7 Å². The van der Waals surface area contributed by atoms with Crippen LogP contribution in [0.4, 0.5) is 0 Å². The molecular weight excluding hydrogens is 410 g/mol. The van der Waals surface area contributed by atoms with Crippen molar-refractivity contribution < 1.29 is 4.79 Å². The second-order valence-corrected chi connectivity index (χ2v) is 9.43. The number of aromatic nitrogens is 3. The molecule has 2 heterocycles. The summed E-state index contributed by atoms with van der Waals surface area (Å²) < 4.78 is 2.24. The third kappa shape index (κ3) is 5.88. The monoisotopic (exact) mass is 445 g/mol. The average Bonchev–Trinajstić information content (AvgIpc) is 3.11. The summed E-state index contributed by atoms with van der Waals surface area (Å²) in [7, 11) is 0. The van der Waals surface area contributed by atoms with E-state index in [4.69, 9.17) is 0 Å². The van der Waals surface area contributed by atoms with Gasteiger partial charge >= 0.3 is 0 Å². The maximum atomic E-state index is 11.8. The summed E-state index contributed by atoms with van der Waals surface area (Å²) in [4.78, 5) is 14.4. The predicted octanol–water partition coefficient (Wildman–Crippen LogP) is 4.19. The molecule has 174 valence electrons. The fourth-order valence-corrected chi connectivity index (χ4v) is 4.81. The smallest absolute Gasteiger partial charge is 0.217 e. The molecule has 1 aliphatic heterocycles. The summed E-state index contributed by atoms with van der Waals surface area (Å²) in [5.41, 5.74) is 2.69. The number of hydrogen-bond donors (Lipinski definition) is 1. The van der Waals surface area contributed by atoms with E-state index in [-0.39, 0.29) is 11.9 Å². The van der Waals surface area contributed by atoms with Crippen LogP contribution in [0.5, 0.6) is 0 Å². The minimum Gasteiger partial charge on any atom is -0.346 e. The standard InChI is InChI=1S/C27H35N5O/c1-20(2)18-25(28-21(3)33)27-30-29-26-14-15-31(16-17-32(26)27)19-24(22-10-6-4-7-11-22)23-12-8-5-9-13-23/h4-13,20,24-25H,14-19H2,1-3H3,(H,28,33)/t25-/m0/s1. The lowest BCUT2D eigenvalue weighted by Crippen LogP contribution is -2.33. The highest BCUT2D eigenvalue weighted by Gasteiger charge is 2.26. The molecule has 0 saturated carbocycles. The quantitative estimate of drug-likeness (QED) is 0.565. The van der Waals surface area contributed by atoms with E-state index >= 15 is 0 Å². The Kier molecular flexibility index (Phi) is 7.55. The van der Waals surface area contributed by atoms with E-state index in [1.165, 1.54) is 11.1 Å². The minimum absolute atomic E-state index is 0.0261. The summed E-state index contributed by atoms with van der Waals surface area (Å²) in [5.74, 6) is 2.65. The first-order valence-corrected chi connectivity index (χ1v) is 12.0. The molecule has 6 nitrogen and oxygen atoms in total. The fourth-order valence-electron chi connectivity index (χ4n) is 4.81. The molecule has 0 unspecified atom stereocenters. The Morgan fingerprint density at radius 2 is 1.58 bits per heavy atom. The van der Waals surface area contributed by atoms with Crippen LogP contribution < -0.4 is 5.32 Å². The van der Waals surface area contributed by atoms with Gasteiger partial charge in [-0.1, -0.05) is 74.5 Å².